The van der Waals surface area contributed by atoms with Crippen molar-refractivity contribution < 1.29 is 14.6 Å². The zero-order chi connectivity index (χ0) is 14.3. The van der Waals surface area contributed by atoms with Crippen molar-refractivity contribution >= 4 is 11.6 Å². The van der Waals surface area contributed by atoms with Crippen molar-refractivity contribution in [3.8, 4) is 5.75 Å². The van der Waals surface area contributed by atoms with Gasteiger partial charge in [0.15, 0.2) is 0 Å². The number of nitrogen functional groups attached to an aromatic ring is 1. The second-order valence-electron chi connectivity index (χ2n) is 4.65. The second-order valence-corrected chi connectivity index (χ2v) is 4.65. The molecule has 1 unspecified atom stereocenters. The van der Waals surface area contributed by atoms with Crippen LogP contribution >= 0.6 is 0 Å². The van der Waals surface area contributed by atoms with Gasteiger partial charge in [-0.25, -0.2) is 0 Å². The van der Waals surface area contributed by atoms with Gasteiger partial charge in [0.1, 0.15) is 5.75 Å². The summed E-state index contributed by atoms with van der Waals surface area (Å²) in [5, 5.41) is 11.7. The van der Waals surface area contributed by atoms with Gasteiger partial charge >= 0.3 is 0 Å². The lowest BCUT2D eigenvalue weighted by Gasteiger charge is -2.11. The minimum Gasteiger partial charge on any atom is -0.496 e. The molecule has 1 atom stereocenters. The topological polar surface area (TPSA) is 84.6 Å². The summed E-state index contributed by atoms with van der Waals surface area (Å²) in [5.74, 6) is 0.579. The van der Waals surface area contributed by atoms with Crippen molar-refractivity contribution in [1.29, 1.82) is 0 Å². The summed E-state index contributed by atoms with van der Waals surface area (Å²) in [4.78, 5) is 12.0. The van der Waals surface area contributed by atoms with E-state index >= 15 is 0 Å². The number of aliphatic hydroxyl groups is 1. The van der Waals surface area contributed by atoms with Gasteiger partial charge in [-0.1, -0.05) is 6.92 Å². The van der Waals surface area contributed by atoms with Crippen molar-refractivity contribution in [1.82, 2.24) is 5.32 Å². The van der Waals surface area contributed by atoms with Gasteiger partial charge in [-0.2, -0.15) is 0 Å². The summed E-state index contributed by atoms with van der Waals surface area (Å²) in [6.45, 7) is 2.72. The van der Waals surface area contributed by atoms with Crippen LogP contribution in [-0.4, -0.2) is 31.3 Å². The molecule has 0 saturated heterocycles. The molecule has 106 valence electrons. The smallest absolute Gasteiger partial charge is 0.255 e. The molecule has 0 spiro atoms. The number of aliphatic hydroxyl groups excluding tert-OH is 1. The van der Waals surface area contributed by atoms with Gasteiger partial charge < -0.3 is 20.9 Å². The first kappa shape index (κ1) is 15.3. The molecule has 0 radical (unpaired) electrons. The summed E-state index contributed by atoms with van der Waals surface area (Å²) in [6.07, 6.45) is 1.71. The largest absolute Gasteiger partial charge is 0.496 e. The number of nitrogens with two attached hydrogens (primary N) is 1. The maximum absolute atomic E-state index is 12.0. The first-order chi connectivity index (χ1) is 9.08. The third-order valence-corrected chi connectivity index (χ3v) is 2.94. The molecule has 0 aliphatic carbocycles. The molecular weight excluding hydrogens is 244 g/mol. The van der Waals surface area contributed by atoms with Crippen LogP contribution in [0.15, 0.2) is 18.2 Å². The molecule has 0 aliphatic rings. The third kappa shape index (κ3) is 4.79. The molecule has 0 aromatic heterocycles. The predicted octanol–water partition coefficient (Wildman–Crippen LogP) is 1.42. The van der Waals surface area contributed by atoms with Crippen molar-refractivity contribution in [2.24, 2.45) is 5.92 Å². The number of amides is 1. The highest BCUT2D eigenvalue weighted by molar-refractivity contribution is 5.97. The van der Waals surface area contributed by atoms with Crippen LogP contribution in [0.25, 0.3) is 0 Å². The highest BCUT2D eigenvalue weighted by Crippen LogP contribution is 2.20. The Bertz CT molecular complexity index is 421. The Morgan fingerprint density at radius 3 is 2.89 bits per heavy atom. The van der Waals surface area contributed by atoms with Crippen molar-refractivity contribution in [2.45, 2.75) is 19.8 Å². The van der Waals surface area contributed by atoms with Gasteiger partial charge in [0, 0.05) is 18.8 Å². The Hall–Kier alpha value is -1.75. The Balaban J connectivity index is 2.51. The standard InChI is InChI=1S/C14H22N2O3/c1-10(9-17)4-3-7-16-14(18)12-8-11(15)5-6-13(12)19-2/h5-6,8,10,17H,3-4,7,9,15H2,1-2H3,(H,16,18). The average Bonchev–Trinajstić information content (AvgIpc) is 2.42. The molecular formula is C14H22N2O3. The van der Waals surface area contributed by atoms with Crippen molar-refractivity contribution in [3.05, 3.63) is 23.8 Å². The summed E-state index contributed by atoms with van der Waals surface area (Å²) in [5.41, 5.74) is 6.64. The highest BCUT2D eigenvalue weighted by Gasteiger charge is 2.12. The van der Waals surface area contributed by atoms with Crippen molar-refractivity contribution in [3.63, 3.8) is 0 Å². The lowest BCUT2D eigenvalue weighted by molar-refractivity contribution is 0.0949. The zero-order valence-corrected chi connectivity index (χ0v) is 11.5. The van der Waals surface area contributed by atoms with Crippen LogP contribution in [0.5, 0.6) is 5.75 Å². The monoisotopic (exact) mass is 266 g/mol. The first-order valence-corrected chi connectivity index (χ1v) is 6.41. The number of nitrogens with one attached hydrogen (secondary N) is 1. The highest BCUT2D eigenvalue weighted by atomic mass is 16.5. The van der Waals surface area contributed by atoms with E-state index < -0.39 is 0 Å². The number of hydrogen-bond donors (Lipinski definition) is 3. The van der Waals surface area contributed by atoms with Crippen LogP contribution in [0.3, 0.4) is 0 Å². The number of rotatable bonds is 7. The zero-order valence-electron chi connectivity index (χ0n) is 11.5. The van der Waals surface area contributed by atoms with E-state index in [2.05, 4.69) is 5.32 Å². The Morgan fingerprint density at radius 1 is 1.53 bits per heavy atom. The number of ether oxygens (including phenoxy) is 1. The van der Waals surface area contributed by atoms with Crippen LogP contribution in [0.2, 0.25) is 0 Å². The van der Waals surface area contributed by atoms with Gasteiger partial charge in [-0.15, -0.1) is 0 Å². The Kier molecular flexibility index (Phi) is 6.15. The van der Waals surface area contributed by atoms with Crippen LogP contribution < -0.4 is 15.8 Å². The van der Waals surface area contributed by atoms with E-state index in [1.54, 1.807) is 18.2 Å². The predicted molar refractivity (Wildman–Crippen MR) is 75.2 cm³/mol. The van der Waals surface area contributed by atoms with E-state index in [0.717, 1.165) is 12.8 Å². The van der Waals surface area contributed by atoms with Crippen LogP contribution in [0, 0.1) is 5.92 Å². The van der Waals surface area contributed by atoms with Gasteiger partial charge in [0.05, 0.1) is 12.7 Å². The summed E-state index contributed by atoms with van der Waals surface area (Å²) < 4.78 is 5.13. The second kappa shape index (κ2) is 7.63. The molecule has 0 saturated carbocycles. The Morgan fingerprint density at radius 2 is 2.26 bits per heavy atom. The van der Waals surface area contributed by atoms with Crippen LogP contribution in [-0.2, 0) is 0 Å². The lowest BCUT2D eigenvalue weighted by Crippen LogP contribution is -2.25. The van der Waals surface area contributed by atoms with Gasteiger partial charge in [-0.05, 0) is 37.0 Å². The number of benzene rings is 1. The SMILES string of the molecule is COc1ccc(N)cc1C(=O)NCCCC(C)CO. The fourth-order valence-corrected chi connectivity index (χ4v) is 1.74. The van der Waals surface area contributed by atoms with E-state index in [4.69, 9.17) is 15.6 Å². The van der Waals surface area contributed by atoms with Gasteiger partial charge in [-0.3, -0.25) is 4.79 Å². The molecule has 5 heteroatoms. The fraction of sp³-hybridized carbons (Fsp3) is 0.500. The molecule has 1 aromatic carbocycles. The van der Waals surface area contributed by atoms with Crippen LogP contribution in [0.4, 0.5) is 5.69 Å². The molecule has 0 bridgehead atoms. The molecule has 0 aliphatic heterocycles. The fourth-order valence-electron chi connectivity index (χ4n) is 1.74. The summed E-state index contributed by atoms with van der Waals surface area (Å²) in [7, 11) is 1.52. The maximum Gasteiger partial charge on any atom is 0.255 e. The summed E-state index contributed by atoms with van der Waals surface area (Å²) in [6, 6.07) is 4.97. The van der Waals surface area contributed by atoms with E-state index in [0.29, 0.717) is 23.5 Å². The average molecular weight is 266 g/mol. The molecule has 0 fully saturated rings. The molecule has 0 heterocycles. The van der Waals surface area contributed by atoms with E-state index in [-0.39, 0.29) is 18.4 Å². The number of anilines is 1. The number of methoxy groups -OCH3 is 1. The van der Waals surface area contributed by atoms with Gasteiger partial charge in [0.25, 0.3) is 5.91 Å². The normalized spacial score (nSPS) is 11.9. The minimum atomic E-state index is -0.194. The molecule has 1 rings (SSSR count). The van der Waals surface area contributed by atoms with Crippen LogP contribution in [0.1, 0.15) is 30.1 Å². The first-order valence-electron chi connectivity index (χ1n) is 6.41. The summed E-state index contributed by atoms with van der Waals surface area (Å²) >= 11 is 0. The lowest BCUT2D eigenvalue weighted by atomic mass is 10.1. The van der Waals surface area contributed by atoms with Crippen molar-refractivity contribution in [2.75, 3.05) is 26.0 Å². The molecule has 1 aromatic rings. The third-order valence-electron chi connectivity index (χ3n) is 2.94. The van der Waals surface area contributed by atoms with E-state index in [1.807, 2.05) is 6.92 Å². The quantitative estimate of drug-likeness (QED) is 0.514. The van der Waals surface area contributed by atoms with E-state index in [9.17, 15) is 4.79 Å². The Labute approximate surface area is 113 Å². The minimum absolute atomic E-state index is 0.178. The van der Waals surface area contributed by atoms with E-state index in [1.165, 1.54) is 7.11 Å². The number of hydrogen-bond acceptors (Lipinski definition) is 4. The maximum atomic E-state index is 12.0. The van der Waals surface area contributed by atoms with Gasteiger partial charge in [0.2, 0.25) is 0 Å². The number of carbonyl (C=O) groups excluding carboxylic acids is 1. The number of carbonyl (C=O) groups is 1. The molecule has 4 N–H and O–H groups in total. The molecule has 5 nitrogen and oxygen atoms in total. The molecule has 1 amide bonds. The molecule has 19 heavy (non-hydrogen) atoms.